The van der Waals surface area contributed by atoms with Crippen molar-refractivity contribution in [1.82, 2.24) is 14.1 Å². The number of imidazole rings is 1. The van der Waals surface area contributed by atoms with Crippen molar-refractivity contribution in [3.05, 3.63) is 208 Å². The van der Waals surface area contributed by atoms with E-state index in [1.807, 2.05) is 48.7 Å². The van der Waals surface area contributed by atoms with Crippen LogP contribution in [0.1, 0.15) is 128 Å². The van der Waals surface area contributed by atoms with Gasteiger partial charge >= 0.3 is 0 Å². The Kier molecular flexibility index (Phi) is 11.1. The smallest absolute Gasteiger partial charge is 0.242 e. The Hall–Kier alpha value is -7.06. The topological polar surface area (TPSA) is 40.2 Å². The Bertz CT molecular complexity index is 3910. The zero-order valence-corrected chi connectivity index (χ0v) is 46.9. The molecule has 2 aliphatic rings. The second-order valence-electron chi connectivity index (χ2n) is 24.5. The van der Waals surface area contributed by atoms with E-state index in [0.717, 1.165) is 61.0 Å². The summed E-state index contributed by atoms with van der Waals surface area (Å²) < 4.78 is 13.8. The maximum Gasteiger partial charge on any atom is 0.242 e. The summed E-state index contributed by atoms with van der Waals surface area (Å²) in [6, 6.07) is 53.5. The summed E-state index contributed by atoms with van der Waals surface area (Å²) in [4.78, 5) is 8.54. The molecule has 0 saturated heterocycles. The molecular formula is C67H61N5OPt-2. The van der Waals surface area contributed by atoms with Gasteiger partial charge in [0.25, 0.3) is 0 Å². The van der Waals surface area contributed by atoms with Crippen LogP contribution in [0.25, 0.3) is 71.4 Å². The van der Waals surface area contributed by atoms with Gasteiger partial charge in [0.1, 0.15) is 5.82 Å². The van der Waals surface area contributed by atoms with E-state index in [4.69, 9.17) is 16.3 Å². The maximum atomic E-state index is 7.72. The molecule has 0 fully saturated rings. The number of hydrogen-bond acceptors (Lipinski definition) is 2. The normalized spacial score (nSPS) is 13.7. The van der Waals surface area contributed by atoms with Crippen molar-refractivity contribution in [2.75, 3.05) is 0 Å². The van der Waals surface area contributed by atoms with Crippen LogP contribution in [0.15, 0.2) is 134 Å². The summed E-state index contributed by atoms with van der Waals surface area (Å²) in [5.74, 6) is 1.89. The number of para-hydroxylation sites is 2. The number of pyridine rings is 1. The molecule has 0 unspecified atom stereocenters. The molecule has 0 atom stereocenters. The summed E-state index contributed by atoms with van der Waals surface area (Å²) in [5, 5.41) is 2.11. The first-order valence-electron chi connectivity index (χ1n) is 25.6. The van der Waals surface area contributed by atoms with E-state index >= 15 is 0 Å². The number of benzene rings is 7. The van der Waals surface area contributed by atoms with E-state index in [-0.39, 0.29) is 42.7 Å². The summed E-state index contributed by atoms with van der Waals surface area (Å²) >= 11 is 0. The van der Waals surface area contributed by atoms with Crippen LogP contribution in [0.2, 0.25) is 0 Å². The van der Waals surface area contributed by atoms with Crippen molar-refractivity contribution in [2.45, 2.75) is 110 Å². The van der Waals surface area contributed by atoms with Gasteiger partial charge in [-0.1, -0.05) is 196 Å². The van der Waals surface area contributed by atoms with Crippen LogP contribution in [0.5, 0.6) is 11.5 Å². The molecule has 7 heteroatoms. The van der Waals surface area contributed by atoms with Crippen LogP contribution in [-0.2, 0) is 55.2 Å². The van der Waals surface area contributed by atoms with Crippen LogP contribution < -0.4 is 9.30 Å². The summed E-state index contributed by atoms with van der Waals surface area (Å²) in [6.45, 7) is 36.1. The average molecular weight is 1150 g/mol. The second-order valence-corrected chi connectivity index (χ2v) is 24.5. The number of rotatable bonds is 4. The fraction of sp³-hybridized carbons (Fsp3) is 0.269. The molecule has 1 aliphatic carbocycles. The number of nitrogens with zero attached hydrogens (tertiary/aromatic N) is 5. The van der Waals surface area contributed by atoms with Crippen molar-refractivity contribution in [3.8, 4) is 45.3 Å². The van der Waals surface area contributed by atoms with E-state index in [0.29, 0.717) is 17.2 Å². The molecule has 0 N–H and O–H groups in total. The molecule has 74 heavy (non-hydrogen) atoms. The molecular weight excluding hydrogens is 1090 g/mol. The Morgan fingerprint density at radius 2 is 1.26 bits per heavy atom. The second kappa shape index (κ2) is 16.7. The van der Waals surface area contributed by atoms with Crippen molar-refractivity contribution in [1.29, 1.82) is 0 Å². The molecule has 10 aromatic rings. The van der Waals surface area contributed by atoms with E-state index in [9.17, 15) is 0 Å². The number of hydrogen-bond donors (Lipinski definition) is 0. The van der Waals surface area contributed by atoms with Crippen molar-refractivity contribution < 1.29 is 30.4 Å². The minimum atomic E-state index is -0.744. The van der Waals surface area contributed by atoms with Crippen LogP contribution in [0.4, 0.5) is 5.69 Å². The van der Waals surface area contributed by atoms with Crippen molar-refractivity contribution >= 4 is 38.5 Å². The third kappa shape index (κ3) is 7.28. The maximum absolute atomic E-state index is 7.72. The standard InChI is InChI=1S/C67H61N5O.Pt/c1-63(2,3)41-32-48-49-33-42(64(4,5)6)35-53(66(10,11)12)61(49)67(60(48)52(34-41)65(7,8)9)50-30-29-44(36-57(50)71-39-70(14)55-23-19-21-51(67)62(55)71)73-58-38-56-47(37-46(58)40-25-27-43(68-13)28-26-40)45-20-15-16-22-54(45)72(56)59-24-17-18-31-69-59;/h15-35,37H,1-12,14H3;/q-2;. The molecule has 0 amide bonds. The van der Waals surface area contributed by atoms with Gasteiger partial charge in [-0.05, 0) is 95.3 Å². The Labute approximate surface area is 450 Å². The molecule has 4 heterocycles. The molecule has 12 rings (SSSR count). The first-order valence-corrected chi connectivity index (χ1v) is 25.6. The van der Waals surface area contributed by atoms with Crippen molar-refractivity contribution in [3.63, 3.8) is 0 Å². The molecule has 0 radical (unpaired) electrons. The molecule has 1 spiro atoms. The third-order valence-electron chi connectivity index (χ3n) is 15.5. The van der Waals surface area contributed by atoms with Gasteiger partial charge in [-0.2, -0.15) is 12.1 Å². The number of ether oxygens (including phenoxy) is 1. The average Bonchev–Trinajstić information content (AvgIpc) is 3.97. The van der Waals surface area contributed by atoms with E-state index in [1.54, 1.807) is 0 Å². The number of aromatic nitrogens is 4. The van der Waals surface area contributed by atoms with Crippen LogP contribution in [-0.4, -0.2) is 14.1 Å². The monoisotopic (exact) mass is 1150 g/mol. The van der Waals surface area contributed by atoms with Gasteiger partial charge in [0.2, 0.25) is 6.33 Å². The van der Waals surface area contributed by atoms with Gasteiger partial charge in [0.15, 0.2) is 5.69 Å². The first kappa shape index (κ1) is 49.2. The van der Waals surface area contributed by atoms with Gasteiger partial charge in [-0.25, -0.2) is 9.83 Å². The van der Waals surface area contributed by atoms with Crippen LogP contribution in [0, 0.1) is 25.0 Å². The Balaban J connectivity index is 0.00000588. The molecule has 372 valence electrons. The van der Waals surface area contributed by atoms with E-state index < -0.39 is 5.41 Å². The van der Waals surface area contributed by atoms with Gasteiger partial charge < -0.3 is 18.4 Å². The molecule has 6 nitrogen and oxygen atoms in total. The van der Waals surface area contributed by atoms with Crippen LogP contribution in [0.3, 0.4) is 0 Å². The predicted molar refractivity (Wildman–Crippen MR) is 297 cm³/mol. The van der Waals surface area contributed by atoms with Gasteiger partial charge in [0, 0.05) is 49.7 Å². The van der Waals surface area contributed by atoms with E-state index in [2.05, 4.69) is 212 Å². The minimum Gasteiger partial charge on any atom is -0.509 e. The fourth-order valence-corrected chi connectivity index (χ4v) is 11.9. The molecule has 0 bridgehead atoms. The molecule has 3 aromatic heterocycles. The Morgan fingerprint density at radius 1 is 0.622 bits per heavy atom. The SMILES string of the molecule is [C-]#[N+]c1ccc(-c2cc3c4ccccc4n(-c4ccccn4)c3[c-]c2Oc2[c-]c3c(cc2)C2(c4c(cc(C(C)(C)C)cc4C(C)(C)C)-c4cc(C(C)(C)C)cc(C(C)(C)C)c42)c2cccc4c2n-3[c-][n+]4C)cc1.[Pt]. The van der Waals surface area contributed by atoms with Gasteiger partial charge in [0.05, 0.1) is 24.7 Å². The van der Waals surface area contributed by atoms with Gasteiger partial charge in [-0.15, -0.1) is 29.1 Å². The van der Waals surface area contributed by atoms with Gasteiger partial charge in [-0.3, -0.25) is 0 Å². The molecule has 0 saturated carbocycles. The number of fused-ring (bicyclic) bond motifs is 12. The molecule has 1 aliphatic heterocycles. The Morgan fingerprint density at radius 3 is 1.85 bits per heavy atom. The number of aryl methyl sites for hydroxylation is 1. The summed E-state index contributed by atoms with van der Waals surface area (Å²) in [6.07, 6.45) is 5.59. The summed E-state index contributed by atoms with van der Waals surface area (Å²) in [7, 11) is 2.10. The largest absolute Gasteiger partial charge is 0.509 e. The summed E-state index contributed by atoms with van der Waals surface area (Å²) in [5.41, 5.74) is 19.0. The molecule has 7 aromatic carbocycles. The van der Waals surface area contributed by atoms with Crippen LogP contribution >= 0.6 is 0 Å². The minimum absolute atomic E-state index is 0. The predicted octanol–water partition coefficient (Wildman–Crippen LogP) is 16.2. The zero-order chi connectivity index (χ0) is 51.3. The quantitative estimate of drug-likeness (QED) is 0.130. The zero-order valence-electron chi connectivity index (χ0n) is 44.7. The fourth-order valence-electron chi connectivity index (χ4n) is 11.9. The van der Waals surface area contributed by atoms with Crippen molar-refractivity contribution in [2.24, 2.45) is 7.05 Å². The first-order chi connectivity index (χ1) is 34.6. The van der Waals surface area contributed by atoms with E-state index in [1.165, 1.54) is 50.1 Å². The third-order valence-corrected chi connectivity index (χ3v) is 15.5.